The molecule has 1 N–H and O–H groups in total. The molecule has 0 radical (unpaired) electrons. The number of rotatable bonds is 7. The number of hydrogen-bond acceptors (Lipinski definition) is 6. The third-order valence-electron chi connectivity index (χ3n) is 4.38. The fourth-order valence-corrected chi connectivity index (χ4v) is 5.83. The van der Waals surface area contributed by atoms with E-state index in [4.69, 9.17) is 4.74 Å². The Balaban J connectivity index is 1.66. The third-order valence-corrected chi connectivity index (χ3v) is 7.36. The molecule has 1 aliphatic heterocycles. The molecule has 0 spiro atoms. The van der Waals surface area contributed by atoms with Gasteiger partial charge in [0.2, 0.25) is 15.9 Å². The molecule has 2 aromatic heterocycles. The number of carbonyl (C=O) groups excluding carboxylic acids is 1. The minimum Gasteiger partial charge on any atom is -0.475 e. The standard InChI is InChI=1S/C19H25N3O4S2/c1-14(2)26-17-7-6-15(12-20-17)13-21-19(23)18-16(8-11-27-18)28(24,25)22-9-4-3-5-10-22/h6-8,11-12,14H,3-5,9-10,13H2,1-2H3,(H,21,23). The molecule has 3 heterocycles. The summed E-state index contributed by atoms with van der Waals surface area (Å²) in [4.78, 5) is 17.1. The molecule has 28 heavy (non-hydrogen) atoms. The van der Waals surface area contributed by atoms with Crippen LogP contribution in [0, 0.1) is 0 Å². The molecule has 1 amide bonds. The lowest BCUT2D eigenvalue weighted by Gasteiger charge is -2.25. The molecule has 0 bridgehead atoms. The van der Waals surface area contributed by atoms with E-state index in [9.17, 15) is 13.2 Å². The molecule has 1 aliphatic rings. The van der Waals surface area contributed by atoms with E-state index < -0.39 is 15.9 Å². The predicted octanol–water partition coefficient (Wildman–Crippen LogP) is 3.03. The van der Waals surface area contributed by atoms with Gasteiger partial charge < -0.3 is 10.1 Å². The topological polar surface area (TPSA) is 88.6 Å². The van der Waals surface area contributed by atoms with Crippen LogP contribution in [0.2, 0.25) is 0 Å². The quantitative estimate of drug-likeness (QED) is 0.739. The molecule has 2 aromatic rings. The van der Waals surface area contributed by atoms with Crippen LogP contribution in [0.25, 0.3) is 0 Å². The minimum absolute atomic E-state index is 0.0390. The first-order valence-corrected chi connectivity index (χ1v) is 11.7. The number of amides is 1. The van der Waals surface area contributed by atoms with Crippen molar-refractivity contribution < 1.29 is 17.9 Å². The van der Waals surface area contributed by atoms with Crippen LogP contribution in [0.5, 0.6) is 5.88 Å². The summed E-state index contributed by atoms with van der Waals surface area (Å²) in [6.45, 7) is 5.12. The second-order valence-electron chi connectivity index (χ2n) is 6.93. The zero-order valence-electron chi connectivity index (χ0n) is 16.1. The van der Waals surface area contributed by atoms with Crippen molar-refractivity contribution in [2.24, 2.45) is 0 Å². The molecule has 1 saturated heterocycles. The van der Waals surface area contributed by atoms with Gasteiger partial charge in [0.05, 0.1) is 6.10 Å². The largest absolute Gasteiger partial charge is 0.475 e. The second-order valence-corrected chi connectivity index (χ2v) is 9.76. The number of carbonyl (C=O) groups is 1. The summed E-state index contributed by atoms with van der Waals surface area (Å²) in [5.41, 5.74) is 0.807. The number of piperidine rings is 1. The van der Waals surface area contributed by atoms with Crippen molar-refractivity contribution in [2.75, 3.05) is 13.1 Å². The van der Waals surface area contributed by atoms with Crippen molar-refractivity contribution in [1.82, 2.24) is 14.6 Å². The summed E-state index contributed by atoms with van der Waals surface area (Å²) in [7, 11) is -3.64. The molecule has 9 heteroatoms. The lowest BCUT2D eigenvalue weighted by molar-refractivity contribution is 0.0952. The average Bonchev–Trinajstić information content (AvgIpc) is 3.18. The summed E-state index contributed by atoms with van der Waals surface area (Å²) in [5, 5.41) is 4.43. The first-order chi connectivity index (χ1) is 13.4. The fourth-order valence-electron chi connectivity index (χ4n) is 3.00. The average molecular weight is 424 g/mol. The maximum atomic E-state index is 12.9. The first-order valence-electron chi connectivity index (χ1n) is 9.35. The van der Waals surface area contributed by atoms with Crippen LogP contribution in [0.3, 0.4) is 0 Å². The van der Waals surface area contributed by atoms with Gasteiger partial charge in [-0.2, -0.15) is 4.31 Å². The second kappa shape index (κ2) is 9.02. The third kappa shape index (κ3) is 4.89. The Morgan fingerprint density at radius 3 is 2.64 bits per heavy atom. The maximum absolute atomic E-state index is 12.9. The molecule has 0 aliphatic carbocycles. The van der Waals surface area contributed by atoms with Crippen molar-refractivity contribution in [1.29, 1.82) is 0 Å². The van der Waals surface area contributed by atoms with Gasteiger partial charge in [-0.1, -0.05) is 12.5 Å². The van der Waals surface area contributed by atoms with Gasteiger partial charge in [-0.3, -0.25) is 4.79 Å². The highest BCUT2D eigenvalue weighted by Crippen LogP contribution is 2.27. The van der Waals surface area contributed by atoms with Crippen LogP contribution in [0.1, 0.15) is 48.3 Å². The van der Waals surface area contributed by atoms with Crippen molar-refractivity contribution in [3.8, 4) is 5.88 Å². The van der Waals surface area contributed by atoms with E-state index in [1.807, 2.05) is 19.9 Å². The van der Waals surface area contributed by atoms with Crippen LogP contribution in [-0.2, 0) is 16.6 Å². The summed E-state index contributed by atoms with van der Waals surface area (Å²) in [6, 6.07) is 5.09. The predicted molar refractivity (Wildman–Crippen MR) is 108 cm³/mol. The van der Waals surface area contributed by atoms with Crippen LogP contribution < -0.4 is 10.1 Å². The van der Waals surface area contributed by atoms with E-state index in [0.717, 1.165) is 36.2 Å². The molecule has 152 valence electrons. The van der Waals surface area contributed by atoms with Crippen LogP contribution in [-0.4, -0.2) is 42.8 Å². The zero-order valence-corrected chi connectivity index (χ0v) is 17.7. The fraction of sp³-hybridized carbons (Fsp3) is 0.474. The lowest BCUT2D eigenvalue weighted by Crippen LogP contribution is -2.36. The van der Waals surface area contributed by atoms with Crippen molar-refractivity contribution in [2.45, 2.75) is 50.7 Å². The number of ether oxygens (including phenoxy) is 1. The molecule has 0 aromatic carbocycles. The molecular formula is C19H25N3O4S2. The van der Waals surface area contributed by atoms with Gasteiger partial charge in [0, 0.05) is 31.9 Å². The Morgan fingerprint density at radius 2 is 2.00 bits per heavy atom. The van der Waals surface area contributed by atoms with Crippen LogP contribution in [0.15, 0.2) is 34.7 Å². The Kier molecular flexibility index (Phi) is 6.69. The van der Waals surface area contributed by atoms with Crippen LogP contribution >= 0.6 is 11.3 Å². The summed E-state index contributed by atoms with van der Waals surface area (Å²) in [6.07, 6.45) is 4.43. The Hall–Kier alpha value is -1.97. The van der Waals surface area contributed by atoms with Gasteiger partial charge in [-0.05, 0) is 43.7 Å². The summed E-state index contributed by atoms with van der Waals surface area (Å²) < 4.78 is 32.8. The van der Waals surface area contributed by atoms with Gasteiger partial charge in [0.25, 0.3) is 5.91 Å². The molecule has 3 rings (SSSR count). The molecule has 1 fully saturated rings. The molecule has 0 atom stereocenters. The van der Waals surface area contributed by atoms with E-state index in [1.165, 1.54) is 10.4 Å². The number of thiophene rings is 1. The van der Waals surface area contributed by atoms with E-state index in [1.54, 1.807) is 17.6 Å². The van der Waals surface area contributed by atoms with E-state index in [2.05, 4.69) is 10.3 Å². The van der Waals surface area contributed by atoms with E-state index in [-0.39, 0.29) is 22.4 Å². The highest BCUT2D eigenvalue weighted by molar-refractivity contribution is 7.89. The number of pyridine rings is 1. The molecule has 7 nitrogen and oxygen atoms in total. The summed E-state index contributed by atoms with van der Waals surface area (Å²) in [5.74, 6) is 0.131. The highest BCUT2D eigenvalue weighted by atomic mass is 32.2. The number of nitrogens with zero attached hydrogens (tertiary/aromatic N) is 2. The van der Waals surface area contributed by atoms with Gasteiger partial charge in [-0.25, -0.2) is 13.4 Å². The van der Waals surface area contributed by atoms with Crippen molar-refractivity contribution in [3.63, 3.8) is 0 Å². The first kappa shape index (κ1) is 20.8. The number of aromatic nitrogens is 1. The van der Waals surface area contributed by atoms with Gasteiger partial charge in [0.15, 0.2) is 0 Å². The molecule has 0 unspecified atom stereocenters. The molecular weight excluding hydrogens is 398 g/mol. The maximum Gasteiger partial charge on any atom is 0.263 e. The van der Waals surface area contributed by atoms with Gasteiger partial charge in [-0.15, -0.1) is 11.3 Å². The van der Waals surface area contributed by atoms with Crippen molar-refractivity contribution >= 4 is 27.3 Å². The van der Waals surface area contributed by atoms with E-state index >= 15 is 0 Å². The van der Waals surface area contributed by atoms with E-state index in [0.29, 0.717) is 19.0 Å². The SMILES string of the molecule is CC(C)Oc1ccc(CNC(=O)c2sccc2S(=O)(=O)N2CCCCC2)cn1. The van der Waals surface area contributed by atoms with Gasteiger partial charge in [0.1, 0.15) is 9.77 Å². The molecule has 0 saturated carbocycles. The number of sulfonamides is 1. The lowest BCUT2D eigenvalue weighted by atomic mass is 10.2. The van der Waals surface area contributed by atoms with Crippen LogP contribution in [0.4, 0.5) is 0 Å². The summed E-state index contributed by atoms with van der Waals surface area (Å²) >= 11 is 1.14. The minimum atomic E-state index is -3.64. The Labute approximate surface area is 169 Å². The number of hydrogen-bond donors (Lipinski definition) is 1. The Bertz CT molecular complexity index is 902. The number of nitrogens with one attached hydrogen (secondary N) is 1. The highest BCUT2D eigenvalue weighted by Gasteiger charge is 2.30. The van der Waals surface area contributed by atoms with Gasteiger partial charge >= 0.3 is 0 Å². The Morgan fingerprint density at radius 1 is 1.25 bits per heavy atom. The van der Waals surface area contributed by atoms with Crippen molar-refractivity contribution in [3.05, 3.63) is 40.2 Å². The normalized spacial score (nSPS) is 15.5. The zero-order chi connectivity index (χ0) is 20.1. The monoisotopic (exact) mass is 423 g/mol. The smallest absolute Gasteiger partial charge is 0.263 e.